The molecule has 0 saturated heterocycles. The predicted octanol–water partition coefficient (Wildman–Crippen LogP) is 5.23. The Morgan fingerprint density at radius 2 is 1.54 bits per heavy atom. The van der Waals surface area contributed by atoms with Crippen molar-refractivity contribution >= 4 is 27.5 Å². The summed E-state index contributed by atoms with van der Waals surface area (Å²) in [6, 6.07) is 19.9. The van der Waals surface area contributed by atoms with Gasteiger partial charge in [0.25, 0.3) is 10.0 Å². The molecular weight excluding hydrogens is 538 g/mol. The Morgan fingerprint density at radius 3 is 2.17 bits per heavy atom. The van der Waals surface area contributed by atoms with Crippen LogP contribution in [0.4, 0.5) is 5.69 Å². The van der Waals surface area contributed by atoms with E-state index in [1.165, 1.54) is 17.0 Å². The minimum Gasteiger partial charge on any atom is -0.492 e. The zero-order valence-electron chi connectivity index (χ0n) is 24.8. The van der Waals surface area contributed by atoms with Crippen molar-refractivity contribution in [3.63, 3.8) is 0 Å². The number of carbonyl (C=O) groups excluding carboxylic acids is 2. The molecule has 220 valence electrons. The average Bonchev–Trinajstić information content (AvgIpc) is 2.95. The van der Waals surface area contributed by atoms with E-state index in [1.54, 1.807) is 43.3 Å². The Labute approximate surface area is 244 Å². The zero-order valence-corrected chi connectivity index (χ0v) is 25.6. The molecule has 0 aliphatic rings. The van der Waals surface area contributed by atoms with Gasteiger partial charge in [0.2, 0.25) is 11.8 Å². The SMILES string of the molecule is CCOc1ccccc1N(CC(=O)N(Cc1ccccc1C)C(C)C(=O)NC(C)CC)S(=O)(=O)c1ccc(C)cc1. The lowest BCUT2D eigenvalue weighted by atomic mass is 10.1. The van der Waals surface area contributed by atoms with E-state index in [2.05, 4.69) is 5.32 Å². The van der Waals surface area contributed by atoms with E-state index in [9.17, 15) is 18.0 Å². The number of nitrogens with zero attached hydrogens (tertiary/aromatic N) is 2. The summed E-state index contributed by atoms with van der Waals surface area (Å²) in [7, 11) is -4.18. The first-order valence-corrected chi connectivity index (χ1v) is 15.4. The van der Waals surface area contributed by atoms with Crippen molar-refractivity contribution in [2.24, 2.45) is 0 Å². The molecule has 2 atom stereocenters. The third-order valence-corrected chi connectivity index (χ3v) is 8.87. The molecule has 0 radical (unpaired) electrons. The van der Waals surface area contributed by atoms with Crippen molar-refractivity contribution in [1.82, 2.24) is 10.2 Å². The van der Waals surface area contributed by atoms with Crippen molar-refractivity contribution < 1.29 is 22.7 Å². The van der Waals surface area contributed by atoms with Crippen LogP contribution >= 0.6 is 0 Å². The first-order valence-electron chi connectivity index (χ1n) is 13.9. The molecule has 3 aromatic rings. The number of aryl methyl sites for hydroxylation is 2. The number of ether oxygens (including phenoxy) is 1. The van der Waals surface area contributed by atoms with Gasteiger partial charge in [0.05, 0.1) is 17.2 Å². The molecule has 0 aliphatic heterocycles. The van der Waals surface area contributed by atoms with E-state index in [-0.39, 0.29) is 29.1 Å². The van der Waals surface area contributed by atoms with E-state index in [4.69, 9.17) is 4.74 Å². The van der Waals surface area contributed by atoms with E-state index in [0.29, 0.717) is 12.4 Å². The van der Waals surface area contributed by atoms with Gasteiger partial charge in [-0.3, -0.25) is 13.9 Å². The highest BCUT2D eigenvalue weighted by atomic mass is 32.2. The van der Waals surface area contributed by atoms with Gasteiger partial charge < -0.3 is 15.0 Å². The number of para-hydroxylation sites is 2. The number of anilines is 1. The van der Waals surface area contributed by atoms with Crippen LogP contribution in [0.5, 0.6) is 5.75 Å². The summed E-state index contributed by atoms with van der Waals surface area (Å²) in [4.78, 5) is 28.9. The van der Waals surface area contributed by atoms with Crippen molar-refractivity contribution in [2.45, 2.75) is 71.5 Å². The highest BCUT2D eigenvalue weighted by Gasteiger charge is 2.34. The number of carbonyl (C=O) groups is 2. The van der Waals surface area contributed by atoms with E-state index >= 15 is 0 Å². The Hall–Kier alpha value is -3.85. The lowest BCUT2D eigenvalue weighted by Gasteiger charge is -2.33. The molecular formula is C32H41N3O5S. The van der Waals surface area contributed by atoms with Crippen LogP contribution in [-0.2, 0) is 26.2 Å². The van der Waals surface area contributed by atoms with Crippen LogP contribution in [0, 0.1) is 13.8 Å². The normalized spacial score (nSPS) is 12.7. The van der Waals surface area contributed by atoms with Gasteiger partial charge in [-0.15, -0.1) is 0 Å². The number of amides is 2. The first-order chi connectivity index (χ1) is 19.5. The molecule has 2 unspecified atom stereocenters. The van der Waals surface area contributed by atoms with Gasteiger partial charge in [0.1, 0.15) is 18.3 Å². The zero-order chi connectivity index (χ0) is 30.2. The maximum absolute atomic E-state index is 14.1. The number of hydrogen-bond acceptors (Lipinski definition) is 5. The Kier molecular flexibility index (Phi) is 10.9. The number of benzene rings is 3. The fourth-order valence-corrected chi connectivity index (χ4v) is 5.74. The molecule has 9 heteroatoms. The third-order valence-electron chi connectivity index (χ3n) is 7.09. The van der Waals surface area contributed by atoms with Crippen molar-refractivity contribution in [1.29, 1.82) is 0 Å². The Morgan fingerprint density at radius 1 is 0.902 bits per heavy atom. The van der Waals surface area contributed by atoms with E-state index < -0.39 is 28.5 Å². The second kappa shape index (κ2) is 14.2. The number of nitrogens with one attached hydrogen (secondary N) is 1. The summed E-state index contributed by atoms with van der Waals surface area (Å²) in [6.45, 7) is 11.1. The van der Waals surface area contributed by atoms with E-state index in [1.807, 2.05) is 58.9 Å². The van der Waals surface area contributed by atoms with Crippen LogP contribution in [0.3, 0.4) is 0 Å². The molecule has 0 spiro atoms. The van der Waals surface area contributed by atoms with Crippen molar-refractivity contribution in [2.75, 3.05) is 17.5 Å². The molecule has 0 heterocycles. The third kappa shape index (κ3) is 7.88. The second-order valence-electron chi connectivity index (χ2n) is 10.2. The summed E-state index contributed by atoms with van der Waals surface area (Å²) < 4.78 is 35.0. The topological polar surface area (TPSA) is 96.0 Å². The van der Waals surface area contributed by atoms with Crippen molar-refractivity contribution in [3.05, 3.63) is 89.5 Å². The van der Waals surface area contributed by atoms with Gasteiger partial charge in [-0.05, 0) is 76.4 Å². The highest BCUT2D eigenvalue weighted by molar-refractivity contribution is 7.92. The number of sulfonamides is 1. The average molecular weight is 580 g/mol. The van der Waals surface area contributed by atoms with Crippen LogP contribution in [0.1, 0.15) is 50.8 Å². The highest BCUT2D eigenvalue weighted by Crippen LogP contribution is 2.33. The molecule has 8 nitrogen and oxygen atoms in total. The molecule has 0 bridgehead atoms. The van der Waals surface area contributed by atoms with Crippen LogP contribution < -0.4 is 14.4 Å². The maximum atomic E-state index is 14.1. The molecule has 0 saturated carbocycles. The Balaban J connectivity index is 2.09. The monoisotopic (exact) mass is 579 g/mol. The summed E-state index contributed by atoms with van der Waals surface area (Å²) in [5.74, 6) is -0.475. The minimum atomic E-state index is -4.18. The first kappa shape index (κ1) is 31.7. The summed E-state index contributed by atoms with van der Waals surface area (Å²) in [5.41, 5.74) is 2.99. The number of rotatable bonds is 13. The van der Waals surface area contributed by atoms with Crippen molar-refractivity contribution in [3.8, 4) is 5.75 Å². The predicted molar refractivity (Wildman–Crippen MR) is 162 cm³/mol. The summed E-state index contributed by atoms with van der Waals surface area (Å²) in [5, 5.41) is 2.95. The minimum absolute atomic E-state index is 0.0511. The fourth-order valence-electron chi connectivity index (χ4n) is 4.31. The van der Waals surface area contributed by atoms with Crippen LogP contribution in [0.2, 0.25) is 0 Å². The molecule has 0 aromatic heterocycles. The van der Waals surface area contributed by atoms with Crippen LogP contribution in [0.15, 0.2) is 77.7 Å². The Bertz CT molecular complexity index is 1440. The molecule has 0 aliphatic carbocycles. The van der Waals surface area contributed by atoms with Gasteiger partial charge in [0, 0.05) is 12.6 Å². The van der Waals surface area contributed by atoms with Gasteiger partial charge in [0.15, 0.2) is 0 Å². The molecule has 1 N–H and O–H groups in total. The second-order valence-corrected chi connectivity index (χ2v) is 12.0. The fraction of sp³-hybridized carbons (Fsp3) is 0.375. The quantitative estimate of drug-likeness (QED) is 0.299. The maximum Gasteiger partial charge on any atom is 0.264 e. The number of hydrogen-bond donors (Lipinski definition) is 1. The molecule has 3 aromatic carbocycles. The molecule has 3 rings (SSSR count). The standard InChI is InChI=1S/C32H41N3O5S/c1-7-25(5)33-32(37)26(6)34(21-27-14-10-9-13-24(27)4)31(36)22-35(29-15-11-12-16-30(29)40-8-2)41(38,39)28-19-17-23(3)18-20-28/h9-20,25-26H,7-8,21-22H2,1-6H3,(H,33,37). The lowest BCUT2D eigenvalue weighted by Crippen LogP contribution is -2.52. The molecule has 2 amide bonds. The largest absolute Gasteiger partial charge is 0.492 e. The van der Waals surface area contributed by atoms with Gasteiger partial charge >= 0.3 is 0 Å². The van der Waals surface area contributed by atoms with Crippen LogP contribution in [0.25, 0.3) is 0 Å². The summed E-state index contributed by atoms with van der Waals surface area (Å²) >= 11 is 0. The smallest absolute Gasteiger partial charge is 0.264 e. The summed E-state index contributed by atoms with van der Waals surface area (Å²) in [6.07, 6.45) is 0.737. The van der Waals surface area contributed by atoms with Crippen LogP contribution in [-0.4, -0.2) is 50.4 Å². The molecule has 41 heavy (non-hydrogen) atoms. The lowest BCUT2D eigenvalue weighted by molar-refractivity contribution is -0.139. The van der Waals surface area contributed by atoms with Gasteiger partial charge in [-0.1, -0.05) is 61.0 Å². The van der Waals surface area contributed by atoms with E-state index in [0.717, 1.165) is 27.4 Å². The molecule has 0 fully saturated rings. The van der Waals surface area contributed by atoms with Gasteiger partial charge in [-0.25, -0.2) is 8.42 Å². The van der Waals surface area contributed by atoms with Gasteiger partial charge in [-0.2, -0.15) is 0 Å².